The SMILES string of the molecule is C=CCC(C[C@H](NC(=O)[C@@H]1CCCN2C(=O)CC[C@H](NS(=O)(=O)c3ccc(C(F)(F)F)cc3)C(=O)N12)C(=O)COC(=O)c1c(Cl)cccc1Cl)C(=O)O. The molecule has 2 saturated heterocycles. The number of halogens is 5. The number of carboxylic acids is 1. The van der Waals surface area contributed by atoms with Gasteiger partial charge in [-0.2, -0.15) is 17.9 Å². The molecule has 14 nitrogen and oxygen atoms in total. The fraction of sp³-hybridized carbons (Fsp3) is 0.394. The molecular formula is C33H33Cl2F3N4O10S. The summed E-state index contributed by atoms with van der Waals surface area (Å²) >= 11 is 12.1. The van der Waals surface area contributed by atoms with Crippen molar-refractivity contribution in [2.45, 2.75) is 67.7 Å². The molecule has 2 aromatic rings. The zero-order valence-corrected chi connectivity index (χ0v) is 29.9. The maximum absolute atomic E-state index is 13.9. The highest BCUT2D eigenvalue weighted by atomic mass is 35.5. The number of hydrogen-bond acceptors (Lipinski definition) is 9. The number of ether oxygens (including phenoxy) is 1. The van der Waals surface area contributed by atoms with Crippen LogP contribution in [0.3, 0.4) is 0 Å². The van der Waals surface area contributed by atoms with E-state index in [2.05, 4.69) is 16.6 Å². The summed E-state index contributed by atoms with van der Waals surface area (Å²) in [6.45, 7) is 2.52. The second kappa shape index (κ2) is 17.1. The van der Waals surface area contributed by atoms with E-state index in [1.54, 1.807) is 0 Å². The van der Waals surface area contributed by atoms with Crippen LogP contribution < -0.4 is 10.0 Å². The standard InChI is InChI=1S/C33H33Cl2F3N4O10S/c1-2-5-18(31(47)48)16-24(26(43)17-52-32(49)28-21(34)6-3-7-22(28)35)39-29(45)25-8-4-15-41-27(44)14-13-23(30(46)42(25)41)40-53(50,51)20-11-9-19(10-12-20)33(36,37)38/h2-3,6-7,9-12,18,23-25,40H,1,4-5,8,13-17H2,(H,39,45)(H,47,48)/t18?,23-,24-,25-/m0/s1. The highest BCUT2D eigenvalue weighted by Crippen LogP contribution is 2.31. The lowest BCUT2D eigenvalue weighted by atomic mass is 9.94. The van der Waals surface area contributed by atoms with Crippen molar-refractivity contribution in [1.82, 2.24) is 20.1 Å². The van der Waals surface area contributed by atoms with Crippen LogP contribution in [-0.4, -0.2) is 90.3 Å². The molecule has 4 atom stereocenters. The minimum atomic E-state index is -4.74. The van der Waals surface area contributed by atoms with E-state index in [9.17, 15) is 55.5 Å². The van der Waals surface area contributed by atoms with Crippen molar-refractivity contribution < 1.29 is 60.2 Å². The molecule has 0 bridgehead atoms. The van der Waals surface area contributed by atoms with Crippen LogP contribution in [0.25, 0.3) is 0 Å². The molecule has 2 aliphatic heterocycles. The number of ketones is 1. The van der Waals surface area contributed by atoms with Gasteiger partial charge in [0, 0.05) is 13.0 Å². The number of sulfonamides is 1. The number of alkyl halides is 3. The Bertz CT molecular complexity index is 1880. The Morgan fingerprint density at radius 2 is 1.70 bits per heavy atom. The first-order valence-electron chi connectivity index (χ1n) is 16.0. The van der Waals surface area contributed by atoms with Crippen LogP contribution in [0.2, 0.25) is 10.0 Å². The normalized spacial score (nSPS) is 19.0. The molecule has 4 rings (SSSR count). The molecule has 0 saturated carbocycles. The number of nitrogens with one attached hydrogen (secondary N) is 2. The molecule has 2 aliphatic rings. The number of hydrogen-bond donors (Lipinski definition) is 3. The zero-order valence-electron chi connectivity index (χ0n) is 27.6. The van der Waals surface area contributed by atoms with E-state index in [0.29, 0.717) is 24.3 Å². The molecule has 2 aromatic carbocycles. The molecule has 286 valence electrons. The molecule has 20 heteroatoms. The fourth-order valence-corrected chi connectivity index (χ4v) is 7.56. The van der Waals surface area contributed by atoms with Crippen LogP contribution in [0, 0.1) is 5.92 Å². The molecule has 3 amide bonds. The summed E-state index contributed by atoms with van der Waals surface area (Å²) in [7, 11) is -4.62. The number of nitrogens with zero attached hydrogens (tertiary/aromatic N) is 2. The van der Waals surface area contributed by atoms with E-state index < -0.39 is 99.2 Å². The third-order valence-electron chi connectivity index (χ3n) is 8.49. The maximum Gasteiger partial charge on any atom is 0.416 e. The van der Waals surface area contributed by atoms with Crippen molar-refractivity contribution in [3.63, 3.8) is 0 Å². The number of rotatable bonds is 14. The number of benzene rings is 2. The van der Waals surface area contributed by atoms with Gasteiger partial charge in [0.25, 0.3) is 5.91 Å². The Morgan fingerprint density at radius 3 is 2.28 bits per heavy atom. The molecule has 0 aromatic heterocycles. The van der Waals surface area contributed by atoms with Gasteiger partial charge in [0.05, 0.1) is 38.0 Å². The van der Waals surface area contributed by atoms with Crippen LogP contribution in [0.4, 0.5) is 13.2 Å². The molecular weight excluding hydrogens is 772 g/mol. The monoisotopic (exact) mass is 804 g/mol. The lowest BCUT2D eigenvalue weighted by molar-refractivity contribution is -0.176. The van der Waals surface area contributed by atoms with E-state index in [1.807, 2.05) is 0 Å². The average molecular weight is 806 g/mol. The Kier molecular flexibility index (Phi) is 13.3. The Labute approximate surface area is 311 Å². The number of Topliss-reactive ketones (excluding diaryl/α,β-unsaturated/α-hetero) is 1. The predicted molar refractivity (Wildman–Crippen MR) is 181 cm³/mol. The van der Waals surface area contributed by atoms with Gasteiger partial charge in [-0.1, -0.05) is 35.3 Å². The van der Waals surface area contributed by atoms with Gasteiger partial charge in [0.2, 0.25) is 21.8 Å². The third-order valence-corrected chi connectivity index (χ3v) is 10.6. The predicted octanol–water partition coefficient (Wildman–Crippen LogP) is 3.77. The van der Waals surface area contributed by atoms with E-state index >= 15 is 0 Å². The van der Waals surface area contributed by atoms with Crippen molar-refractivity contribution >= 4 is 68.7 Å². The van der Waals surface area contributed by atoms with E-state index in [0.717, 1.165) is 10.0 Å². The topological polar surface area (TPSA) is 197 Å². The number of allylic oxidation sites excluding steroid dienone is 1. The van der Waals surface area contributed by atoms with Crippen LogP contribution >= 0.6 is 23.2 Å². The Balaban J connectivity index is 1.58. The maximum atomic E-state index is 13.9. The number of aliphatic carboxylic acids is 1. The van der Waals surface area contributed by atoms with Gasteiger partial charge in [0.15, 0.2) is 12.4 Å². The number of fused-ring (bicyclic) bond motifs is 1. The van der Waals surface area contributed by atoms with Gasteiger partial charge >= 0.3 is 18.1 Å². The zero-order chi connectivity index (χ0) is 39.2. The minimum Gasteiger partial charge on any atom is -0.481 e. The van der Waals surface area contributed by atoms with E-state index in [-0.39, 0.29) is 54.3 Å². The summed E-state index contributed by atoms with van der Waals surface area (Å²) in [6, 6.07) is 1.94. The number of esters is 1. The third kappa shape index (κ3) is 9.92. The van der Waals surface area contributed by atoms with Gasteiger partial charge in [-0.05, 0) is 68.5 Å². The summed E-state index contributed by atoms with van der Waals surface area (Å²) in [4.78, 5) is 78.5. The number of carbonyl (C=O) groups excluding carboxylic acids is 5. The Hall–Kier alpha value is -4.52. The van der Waals surface area contributed by atoms with Gasteiger partial charge in [-0.3, -0.25) is 29.0 Å². The van der Waals surface area contributed by atoms with Crippen molar-refractivity contribution in [3.8, 4) is 0 Å². The highest BCUT2D eigenvalue weighted by Gasteiger charge is 2.46. The molecule has 0 radical (unpaired) electrons. The first-order valence-corrected chi connectivity index (χ1v) is 18.2. The molecule has 53 heavy (non-hydrogen) atoms. The highest BCUT2D eigenvalue weighted by molar-refractivity contribution is 7.89. The largest absolute Gasteiger partial charge is 0.481 e. The summed E-state index contributed by atoms with van der Waals surface area (Å²) in [5.41, 5.74) is -1.35. The average Bonchev–Trinajstić information content (AvgIpc) is 3.21. The summed E-state index contributed by atoms with van der Waals surface area (Å²) in [6.07, 6.45) is -4.67. The molecule has 3 N–H and O–H groups in total. The molecule has 0 aliphatic carbocycles. The summed E-state index contributed by atoms with van der Waals surface area (Å²) < 4.78 is 72.7. The van der Waals surface area contributed by atoms with Gasteiger partial charge in [0.1, 0.15) is 12.1 Å². The molecule has 2 fully saturated rings. The van der Waals surface area contributed by atoms with Crippen molar-refractivity contribution in [2.24, 2.45) is 5.92 Å². The Morgan fingerprint density at radius 1 is 1.06 bits per heavy atom. The molecule has 0 spiro atoms. The number of amides is 3. The van der Waals surface area contributed by atoms with Crippen LogP contribution in [0.15, 0.2) is 60.0 Å². The number of carboxylic acid groups (broad SMARTS) is 1. The number of carbonyl (C=O) groups is 6. The van der Waals surface area contributed by atoms with Gasteiger partial charge in [-0.15, -0.1) is 6.58 Å². The smallest absolute Gasteiger partial charge is 0.416 e. The van der Waals surface area contributed by atoms with Crippen molar-refractivity contribution in [1.29, 1.82) is 0 Å². The van der Waals surface area contributed by atoms with Crippen LogP contribution in [0.1, 0.15) is 54.4 Å². The van der Waals surface area contributed by atoms with Gasteiger partial charge < -0.3 is 15.2 Å². The van der Waals surface area contributed by atoms with Crippen LogP contribution in [0.5, 0.6) is 0 Å². The quantitative estimate of drug-likeness (QED) is 0.187. The van der Waals surface area contributed by atoms with Crippen LogP contribution in [-0.2, 0) is 44.9 Å². The fourth-order valence-electron chi connectivity index (χ4n) is 5.78. The van der Waals surface area contributed by atoms with Gasteiger partial charge in [-0.25, -0.2) is 18.2 Å². The second-order valence-electron chi connectivity index (χ2n) is 12.1. The van der Waals surface area contributed by atoms with E-state index in [4.69, 9.17) is 27.9 Å². The summed E-state index contributed by atoms with van der Waals surface area (Å²) in [5.74, 6) is -7.29. The summed E-state index contributed by atoms with van der Waals surface area (Å²) in [5, 5.41) is 13.8. The minimum absolute atomic E-state index is 0.0317. The molecule has 1 unspecified atom stereocenters. The van der Waals surface area contributed by atoms with Crippen molar-refractivity contribution in [2.75, 3.05) is 13.2 Å². The lowest BCUT2D eigenvalue weighted by Gasteiger charge is -2.43. The first-order chi connectivity index (χ1) is 24.8. The first kappa shape index (κ1) is 41.2. The lowest BCUT2D eigenvalue weighted by Crippen LogP contribution is -2.64. The molecule has 2 heterocycles. The second-order valence-corrected chi connectivity index (χ2v) is 14.6. The number of hydrazine groups is 1. The van der Waals surface area contributed by atoms with E-state index in [1.165, 1.54) is 24.3 Å². The van der Waals surface area contributed by atoms with Crippen molar-refractivity contribution in [3.05, 3.63) is 76.3 Å².